The maximum atomic E-state index is 14.3. The Balaban J connectivity index is 1.92. The first-order chi connectivity index (χ1) is 19.5. The number of aryl methyl sites for hydroxylation is 1. The van der Waals surface area contributed by atoms with Gasteiger partial charge in [0.25, 0.3) is 10.0 Å². The summed E-state index contributed by atoms with van der Waals surface area (Å²) in [5.74, 6) is -1.97. The molecule has 1 aromatic carbocycles. The van der Waals surface area contributed by atoms with E-state index in [0.717, 1.165) is 17.8 Å². The monoisotopic (exact) mass is 643 g/mol. The highest BCUT2D eigenvalue weighted by molar-refractivity contribution is 7.98. The fraction of sp³-hybridized carbons (Fsp3) is 0.519. The molecule has 2 aromatic heterocycles. The first kappa shape index (κ1) is 33.9. The Bertz CT molecular complexity index is 1470. The second-order valence-electron chi connectivity index (χ2n) is 11.6. The summed E-state index contributed by atoms with van der Waals surface area (Å²) >= 11 is 0.998. The molecule has 0 amide bonds. The zero-order valence-electron chi connectivity index (χ0n) is 25.1. The van der Waals surface area contributed by atoms with Crippen LogP contribution in [0.4, 0.5) is 14.6 Å². The summed E-state index contributed by atoms with van der Waals surface area (Å²) in [5, 5.41) is -0.144. The number of aromatic nitrogens is 4. The fourth-order valence-corrected chi connectivity index (χ4v) is 6.04. The van der Waals surface area contributed by atoms with Crippen molar-refractivity contribution in [3.63, 3.8) is 0 Å². The lowest BCUT2D eigenvalue weighted by Crippen LogP contribution is -2.44. The second-order valence-corrected chi connectivity index (χ2v) is 18.9. The molecular formula is C27H39F2N5O5S2Si. The average Bonchev–Trinajstić information content (AvgIpc) is 3.33. The van der Waals surface area contributed by atoms with Gasteiger partial charge in [0, 0.05) is 30.6 Å². The van der Waals surface area contributed by atoms with Crippen LogP contribution in [0.15, 0.2) is 47.0 Å². The van der Waals surface area contributed by atoms with Gasteiger partial charge in [-0.25, -0.2) is 18.7 Å². The van der Waals surface area contributed by atoms with Gasteiger partial charge in [-0.05, 0) is 38.0 Å². The molecule has 0 spiro atoms. The Labute approximate surface area is 251 Å². The van der Waals surface area contributed by atoms with E-state index in [1.165, 1.54) is 35.3 Å². The minimum atomic E-state index is -4.09. The largest absolute Gasteiger partial charge is 0.469 e. The molecule has 15 heteroatoms. The van der Waals surface area contributed by atoms with Crippen molar-refractivity contribution in [2.24, 2.45) is 7.05 Å². The first-order valence-electron chi connectivity index (χ1n) is 13.3. The lowest BCUT2D eigenvalue weighted by molar-refractivity contribution is -0.00496. The summed E-state index contributed by atoms with van der Waals surface area (Å²) in [6, 6.07) is 5.24. The molecule has 1 atom stereocenters. The van der Waals surface area contributed by atoms with Gasteiger partial charge in [0.1, 0.15) is 11.9 Å². The number of nitrogens with one attached hydrogen (secondary N) is 1. The van der Waals surface area contributed by atoms with Crippen LogP contribution in [0, 0.1) is 11.6 Å². The highest BCUT2D eigenvalue weighted by atomic mass is 32.2. The number of anilines is 1. The minimum absolute atomic E-state index is 0.00610. The van der Waals surface area contributed by atoms with Crippen LogP contribution in [0.1, 0.15) is 40.2 Å². The number of nitrogens with zero attached hydrogens (tertiary/aromatic N) is 4. The molecular weight excluding hydrogens is 605 g/mol. The predicted octanol–water partition coefficient (Wildman–Crippen LogP) is 5.78. The Hall–Kier alpha value is -2.59. The Morgan fingerprint density at radius 1 is 1.14 bits per heavy atom. The van der Waals surface area contributed by atoms with Gasteiger partial charge in [-0.1, -0.05) is 44.7 Å². The SMILES string of the molecule is CC(C)OCC(CO[Si](C)(C)C(C)(C)C)Oc1cc(NS(=O)(=O)c2cn(C)cn2)nc(SCc2cccc(F)c2F)n1. The molecule has 0 bridgehead atoms. The maximum Gasteiger partial charge on any atom is 0.282 e. The third kappa shape index (κ3) is 9.46. The Kier molecular flexibility index (Phi) is 11.1. The van der Waals surface area contributed by atoms with Crippen LogP contribution < -0.4 is 9.46 Å². The number of sulfonamides is 1. The van der Waals surface area contributed by atoms with Crippen LogP contribution in [0.5, 0.6) is 5.88 Å². The van der Waals surface area contributed by atoms with Crippen LogP contribution in [-0.4, -0.2) is 61.7 Å². The molecule has 0 saturated heterocycles. The molecule has 2 heterocycles. The molecule has 0 fully saturated rings. The zero-order valence-corrected chi connectivity index (χ0v) is 27.8. The third-order valence-corrected chi connectivity index (χ3v) is 13.2. The zero-order chi connectivity index (χ0) is 31.3. The average molecular weight is 644 g/mol. The lowest BCUT2D eigenvalue weighted by atomic mass is 10.2. The van der Waals surface area contributed by atoms with Crippen LogP contribution in [0.3, 0.4) is 0 Å². The van der Waals surface area contributed by atoms with Gasteiger partial charge in [0.2, 0.25) is 5.88 Å². The van der Waals surface area contributed by atoms with E-state index < -0.39 is 36.1 Å². The quantitative estimate of drug-likeness (QED) is 0.133. The smallest absolute Gasteiger partial charge is 0.282 e. The van der Waals surface area contributed by atoms with Crippen molar-refractivity contribution in [3.8, 4) is 5.88 Å². The molecule has 1 N–H and O–H groups in total. The maximum absolute atomic E-state index is 14.3. The van der Waals surface area contributed by atoms with Crippen molar-refractivity contribution < 1.29 is 31.1 Å². The molecule has 42 heavy (non-hydrogen) atoms. The number of hydrogen-bond acceptors (Lipinski definition) is 9. The van der Waals surface area contributed by atoms with Gasteiger partial charge in [0.05, 0.1) is 25.6 Å². The molecule has 232 valence electrons. The Morgan fingerprint density at radius 2 is 1.86 bits per heavy atom. The van der Waals surface area contributed by atoms with Gasteiger partial charge in [-0.3, -0.25) is 4.72 Å². The number of halogens is 2. The summed E-state index contributed by atoms with van der Waals surface area (Å²) in [4.78, 5) is 12.6. The third-order valence-electron chi connectivity index (χ3n) is 6.61. The van der Waals surface area contributed by atoms with Crippen molar-refractivity contribution in [1.29, 1.82) is 0 Å². The highest BCUT2D eigenvalue weighted by Crippen LogP contribution is 2.36. The number of rotatable bonds is 14. The molecule has 0 aliphatic heterocycles. The molecule has 3 rings (SSSR count). The van der Waals surface area contributed by atoms with E-state index in [1.54, 1.807) is 7.05 Å². The number of thioether (sulfide) groups is 1. The molecule has 10 nitrogen and oxygen atoms in total. The van der Waals surface area contributed by atoms with E-state index >= 15 is 0 Å². The van der Waals surface area contributed by atoms with Gasteiger partial charge in [0.15, 0.2) is 30.1 Å². The van der Waals surface area contributed by atoms with Crippen LogP contribution in [0.2, 0.25) is 18.1 Å². The summed E-state index contributed by atoms with van der Waals surface area (Å²) in [7, 11) is -4.57. The number of benzene rings is 1. The molecule has 0 saturated carbocycles. The van der Waals surface area contributed by atoms with E-state index in [9.17, 15) is 17.2 Å². The predicted molar refractivity (Wildman–Crippen MR) is 161 cm³/mol. The van der Waals surface area contributed by atoms with E-state index in [-0.39, 0.29) is 57.6 Å². The fourth-order valence-electron chi connectivity index (χ4n) is 3.21. The van der Waals surface area contributed by atoms with Crippen molar-refractivity contribution >= 4 is 35.9 Å². The van der Waals surface area contributed by atoms with E-state index in [2.05, 4.69) is 53.5 Å². The molecule has 3 aromatic rings. The topological polar surface area (TPSA) is 117 Å². The summed E-state index contributed by atoms with van der Waals surface area (Å²) in [6.07, 6.45) is 2.07. The van der Waals surface area contributed by atoms with Crippen LogP contribution >= 0.6 is 11.8 Å². The lowest BCUT2D eigenvalue weighted by Gasteiger charge is -2.37. The van der Waals surface area contributed by atoms with Gasteiger partial charge in [-0.2, -0.15) is 13.4 Å². The van der Waals surface area contributed by atoms with Gasteiger partial charge < -0.3 is 18.5 Å². The van der Waals surface area contributed by atoms with E-state index in [0.29, 0.717) is 0 Å². The van der Waals surface area contributed by atoms with Crippen molar-refractivity contribution in [3.05, 3.63) is 54.0 Å². The van der Waals surface area contributed by atoms with Crippen molar-refractivity contribution in [1.82, 2.24) is 19.5 Å². The van der Waals surface area contributed by atoms with Gasteiger partial charge in [-0.15, -0.1) is 0 Å². The molecule has 1 unspecified atom stereocenters. The molecule has 0 radical (unpaired) electrons. The van der Waals surface area contributed by atoms with Gasteiger partial charge >= 0.3 is 0 Å². The van der Waals surface area contributed by atoms with Crippen molar-refractivity contribution in [2.75, 3.05) is 17.9 Å². The van der Waals surface area contributed by atoms with Crippen molar-refractivity contribution in [2.45, 2.75) is 80.9 Å². The van der Waals surface area contributed by atoms with E-state index in [4.69, 9.17) is 13.9 Å². The number of imidazole rings is 1. The second kappa shape index (κ2) is 13.8. The van der Waals surface area contributed by atoms with Crippen LogP contribution in [0.25, 0.3) is 0 Å². The normalized spacial score (nSPS) is 13.4. The molecule has 0 aliphatic carbocycles. The first-order valence-corrected chi connectivity index (χ1v) is 18.7. The minimum Gasteiger partial charge on any atom is -0.469 e. The highest BCUT2D eigenvalue weighted by Gasteiger charge is 2.38. The standard InChI is InChI=1S/C27H39F2N5O5S2Si/c1-18(2)37-14-20(15-38-42(7,8)27(3,4)5)39-23-12-22(33-41(35,36)24-13-34(6)17-30-24)31-26(32-23)40-16-19-10-9-11-21(28)25(19)29/h9-13,17-18,20H,14-16H2,1-8H3,(H,31,32,33). The number of hydrogen-bond donors (Lipinski definition) is 1. The Morgan fingerprint density at radius 3 is 2.48 bits per heavy atom. The van der Waals surface area contributed by atoms with E-state index in [1.807, 2.05) is 13.8 Å². The summed E-state index contributed by atoms with van der Waals surface area (Å²) in [6.45, 7) is 14.9. The summed E-state index contributed by atoms with van der Waals surface area (Å²) < 4.78 is 76.3. The van der Waals surface area contributed by atoms with Crippen LogP contribution in [-0.2, 0) is 32.0 Å². The molecule has 0 aliphatic rings. The summed E-state index contributed by atoms with van der Waals surface area (Å²) in [5.41, 5.74) is 0.108. The number of ether oxygens (including phenoxy) is 2.